The van der Waals surface area contributed by atoms with Crippen molar-refractivity contribution in [3.8, 4) is 5.75 Å². The summed E-state index contributed by atoms with van der Waals surface area (Å²) in [5.74, 6) is -0.119. The van der Waals surface area contributed by atoms with Crippen LogP contribution in [-0.4, -0.2) is 32.4 Å². The number of carboxylic acid groups (broad SMARTS) is 1. The summed E-state index contributed by atoms with van der Waals surface area (Å²) in [5.41, 5.74) is 0.502. The van der Waals surface area contributed by atoms with Gasteiger partial charge in [-0.3, -0.25) is 9.52 Å². The number of unbranched alkanes of at least 4 members (excludes halogenated alkanes) is 3. The fraction of sp³-hybridized carbons (Fsp3) is 0.500. The predicted octanol–water partition coefficient (Wildman–Crippen LogP) is 2.47. The molecule has 0 radical (unpaired) electrons. The molecule has 1 rings (SSSR count). The number of anilines is 1. The van der Waals surface area contributed by atoms with Crippen molar-refractivity contribution in [2.45, 2.75) is 32.1 Å². The Balaban J connectivity index is 2.31. The van der Waals surface area contributed by atoms with Gasteiger partial charge in [0, 0.05) is 12.1 Å². The average molecular weight is 315 g/mol. The van der Waals surface area contributed by atoms with E-state index in [0.717, 1.165) is 6.42 Å². The normalized spacial score (nSPS) is 11.1. The molecule has 0 spiro atoms. The SMILES string of the molecule is COc1ccc(NS(=O)(=O)CCCCCCC(=O)O)cc1. The van der Waals surface area contributed by atoms with Crippen molar-refractivity contribution in [2.24, 2.45) is 0 Å². The third-order valence-electron chi connectivity index (χ3n) is 2.92. The molecule has 0 unspecified atom stereocenters. The molecule has 21 heavy (non-hydrogen) atoms. The summed E-state index contributed by atoms with van der Waals surface area (Å²) in [6.45, 7) is 0. The summed E-state index contributed by atoms with van der Waals surface area (Å²) in [6.07, 6.45) is 2.67. The minimum atomic E-state index is -3.36. The number of carbonyl (C=O) groups is 1. The van der Waals surface area contributed by atoms with E-state index in [2.05, 4.69) is 4.72 Å². The summed E-state index contributed by atoms with van der Waals surface area (Å²) in [5, 5.41) is 8.49. The molecule has 0 heterocycles. The van der Waals surface area contributed by atoms with Crippen LogP contribution in [0.5, 0.6) is 5.75 Å². The predicted molar refractivity (Wildman–Crippen MR) is 81.1 cm³/mol. The van der Waals surface area contributed by atoms with Gasteiger partial charge in [-0.2, -0.15) is 0 Å². The zero-order valence-corrected chi connectivity index (χ0v) is 12.9. The summed E-state index contributed by atoms with van der Waals surface area (Å²) in [6, 6.07) is 6.65. The Bertz CT molecular complexity index is 539. The van der Waals surface area contributed by atoms with Crippen molar-refractivity contribution >= 4 is 21.7 Å². The molecule has 1 aromatic rings. The topological polar surface area (TPSA) is 92.7 Å². The Morgan fingerprint density at radius 1 is 1.14 bits per heavy atom. The molecule has 0 bridgehead atoms. The highest BCUT2D eigenvalue weighted by molar-refractivity contribution is 7.92. The molecule has 0 aliphatic heterocycles. The Hall–Kier alpha value is -1.76. The number of carboxylic acids is 1. The lowest BCUT2D eigenvalue weighted by Crippen LogP contribution is -2.16. The van der Waals surface area contributed by atoms with Gasteiger partial charge in [-0.05, 0) is 37.1 Å². The molecule has 0 atom stereocenters. The van der Waals surface area contributed by atoms with Gasteiger partial charge in [0.2, 0.25) is 10.0 Å². The second-order valence-electron chi connectivity index (χ2n) is 4.71. The third kappa shape index (κ3) is 7.55. The molecule has 0 aromatic heterocycles. The summed E-state index contributed by atoms with van der Waals surface area (Å²) >= 11 is 0. The van der Waals surface area contributed by atoms with Gasteiger partial charge in [-0.25, -0.2) is 8.42 Å². The van der Waals surface area contributed by atoms with E-state index in [1.165, 1.54) is 0 Å². The average Bonchev–Trinajstić information content (AvgIpc) is 2.43. The lowest BCUT2D eigenvalue weighted by molar-refractivity contribution is -0.137. The van der Waals surface area contributed by atoms with Gasteiger partial charge in [0.05, 0.1) is 12.9 Å². The molecule has 0 fully saturated rings. The first-order valence-electron chi connectivity index (χ1n) is 6.79. The number of aliphatic carboxylic acids is 1. The van der Waals surface area contributed by atoms with E-state index in [1.807, 2.05) is 0 Å². The standard InChI is InChI=1S/C14H21NO5S/c1-20-13-9-7-12(8-10-13)15-21(18,19)11-5-3-2-4-6-14(16)17/h7-10,15H,2-6,11H2,1H3,(H,16,17). The Morgan fingerprint density at radius 3 is 2.33 bits per heavy atom. The van der Waals surface area contributed by atoms with Crippen LogP contribution in [-0.2, 0) is 14.8 Å². The smallest absolute Gasteiger partial charge is 0.303 e. The second kappa shape index (κ2) is 8.51. The molecule has 118 valence electrons. The van der Waals surface area contributed by atoms with E-state index in [-0.39, 0.29) is 12.2 Å². The van der Waals surface area contributed by atoms with Gasteiger partial charge < -0.3 is 9.84 Å². The van der Waals surface area contributed by atoms with Crippen molar-refractivity contribution in [3.05, 3.63) is 24.3 Å². The van der Waals surface area contributed by atoms with Crippen LogP contribution in [0.25, 0.3) is 0 Å². The lowest BCUT2D eigenvalue weighted by Gasteiger charge is -2.08. The number of benzene rings is 1. The van der Waals surface area contributed by atoms with E-state index in [4.69, 9.17) is 9.84 Å². The van der Waals surface area contributed by atoms with E-state index in [1.54, 1.807) is 31.4 Å². The summed E-state index contributed by atoms with van der Waals surface area (Å²) in [4.78, 5) is 10.3. The first-order chi connectivity index (χ1) is 9.93. The highest BCUT2D eigenvalue weighted by Gasteiger charge is 2.10. The molecule has 0 saturated heterocycles. The number of rotatable bonds is 10. The maximum Gasteiger partial charge on any atom is 0.303 e. The molecule has 7 heteroatoms. The van der Waals surface area contributed by atoms with Crippen molar-refractivity contribution in [2.75, 3.05) is 17.6 Å². The van der Waals surface area contributed by atoms with Gasteiger partial charge in [-0.15, -0.1) is 0 Å². The maximum atomic E-state index is 11.9. The van der Waals surface area contributed by atoms with Gasteiger partial charge in [0.15, 0.2) is 0 Å². The third-order valence-corrected chi connectivity index (χ3v) is 4.29. The highest BCUT2D eigenvalue weighted by Crippen LogP contribution is 2.16. The first-order valence-corrected chi connectivity index (χ1v) is 8.44. The molecule has 0 aliphatic rings. The molecular weight excluding hydrogens is 294 g/mol. The van der Waals surface area contributed by atoms with Gasteiger partial charge in [-0.1, -0.05) is 12.8 Å². The molecule has 0 saturated carbocycles. The number of nitrogens with one attached hydrogen (secondary N) is 1. The molecular formula is C14H21NO5S. The van der Waals surface area contributed by atoms with Crippen LogP contribution in [0.1, 0.15) is 32.1 Å². The van der Waals surface area contributed by atoms with Crippen LogP contribution >= 0.6 is 0 Å². The van der Waals surface area contributed by atoms with E-state index in [0.29, 0.717) is 30.7 Å². The minimum absolute atomic E-state index is 0.0338. The van der Waals surface area contributed by atoms with E-state index < -0.39 is 16.0 Å². The fourth-order valence-corrected chi connectivity index (χ4v) is 2.99. The quantitative estimate of drug-likeness (QED) is 0.647. The van der Waals surface area contributed by atoms with Crippen molar-refractivity contribution < 1.29 is 23.1 Å². The van der Waals surface area contributed by atoms with Gasteiger partial charge >= 0.3 is 5.97 Å². The molecule has 1 aromatic carbocycles. The van der Waals surface area contributed by atoms with Crippen LogP contribution in [0, 0.1) is 0 Å². The number of ether oxygens (including phenoxy) is 1. The van der Waals surface area contributed by atoms with Crippen molar-refractivity contribution in [1.82, 2.24) is 0 Å². The van der Waals surface area contributed by atoms with Crippen LogP contribution in [0.4, 0.5) is 5.69 Å². The Labute approximate surface area is 125 Å². The Kier molecular flexibility index (Phi) is 7.01. The van der Waals surface area contributed by atoms with Gasteiger partial charge in [0.25, 0.3) is 0 Å². The van der Waals surface area contributed by atoms with E-state index in [9.17, 15) is 13.2 Å². The number of hydrogen-bond acceptors (Lipinski definition) is 4. The number of sulfonamides is 1. The summed E-state index contributed by atoms with van der Waals surface area (Å²) in [7, 11) is -1.82. The maximum absolute atomic E-state index is 11.9. The summed E-state index contributed by atoms with van der Waals surface area (Å²) < 4.78 is 31.2. The Morgan fingerprint density at radius 2 is 1.76 bits per heavy atom. The molecule has 0 aliphatic carbocycles. The zero-order valence-electron chi connectivity index (χ0n) is 12.0. The van der Waals surface area contributed by atoms with Crippen LogP contribution < -0.4 is 9.46 Å². The largest absolute Gasteiger partial charge is 0.497 e. The molecule has 6 nitrogen and oxygen atoms in total. The molecule has 0 amide bonds. The number of hydrogen-bond donors (Lipinski definition) is 2. The van der Waals surface area contributed by atoms with Gasteiger partial charge in [0.1, 0.15) is 5.75 Å². The molecule has 2 N–H and O–H groups in total. The lowest BCUT2D eigenvalue weighted by atomic mass is 10.2. The van der Waals surface area contributed by atoms with E-state index >= 15 is 0 Å². The van der Waals surface area contributed by atoms with Crippen molar-refractivity contribution in [3.63, 3.8) is 0 Å². The van der Waals surface area contributed by atoms with Crippen LogP contribution in [0.3, 0.4) is 0 Å². The monoisotopic (exact) mass is 315 g/mol. The van der Waals surface area contributed by atoms with Crippen LogP contribution in [0.2, 0.25) is 0 Å². The van der Waals surface area contributed by atoms with Crippen LogP contribution in [0.15, 0.2) is 24.3 Å². The van der Waals surface area contributed by atoms with Crippen molar-refractivity contribution in [1.29, 1.82) is 0 Å². The number of methoxy groups -OCH3 is 1. The second-order valence-corrected chi connectivity index (χ2v) is 6.55. The zero-order chi connectivity index (χ0) is 15.7. The highest BCUT2D eigenvalue weighted by atomic mass is 32.2. The fourth-order valence-electron chi connectivity index (χ4n) is 1.81. The minimum Gasteiger partial charge on any atom is -0.497 e. The first kappa shape index (κ1) is 17.3.